The van der Waals surface area contributed by atoms with Gasteiger partial charge in [0.2, 0.25) is 0 Å². The molecule has 0 saturated carbocycles. The maximum absolute atomic E-state index is 11.9. The third-order valence-electron chi connectivity index (χ3n) is 2.30. The summed E-state index contributed by atoms with van der Waals surface area (Å²) in [5.41, 5.74) is 2.55. The highest BCUT2D eigenvalue weighted by Gasteiger charge is 2.18. The zero-order valence-corrected chi connectivity index (χ0v) is 13.4. The Morgan fingerprint density at radius 3 is 2.70 bits per heavy atom. The largest absolute Gasteiger partial charge is 0.263 e. The van der Waals surface area contributed by atoms with Crippen molar-refractivity contribution in [3.63, 3.8) is 0 Å². The molecule has 1 heterocycles. The Hall–Kier alpha value is -1.73. The predicted molar refractivity (Wildman–Crippen MR) is 86.8 cm³/mol. The van der Waals surface area contributed by atoms with Crippen molar-refractivity contribution in [2.45, 2.75) is 39.4 Å². The van der Waals surface area contributed by atoms with Gasteiger partial charge in [-0.1, -0.05) is 12.0 Å². The van der Waals surface area contributed by atoms with Gasteiger partial charge in [-0.25, -0.2) is 4.21 Å². The third-order valence-corrected chi connectivity index (χ3v) is 3.80. The first kappa shape index (κ1) is 16.3. The highest BCUT2D eigenvalue weighted by atomic mass is 32.2. The van der Waals surface area contributed by atoms with Gasteiger partial charge in [-0.05, 0) is 52.3 Å². The molecule has 0 amide bonds. The maximum atomic E-state index is 11.9. The van der Waals surface area contributed by atoms with E-state index >= 15 is 0 Å². The van der Waals surface area contributed by atoms with Crippen LogP contribution in [0.4, 0.5) is 0 Å². The van der Waals surface area contributed by atoms with Crippen LogP contribution in [-0.2, 0) is 11.0 Å². The van der Waals surface area contributed by atoms with Crippen LogP contribution in [0.15, 0.2) is 28.9 Å². The van der Waals surface area contributed by atoms with Gasteiger partial charge in [0.1, 0.15) is 11.0 Å². The minimum atomic E-state index is -1.23. The van der Waals surface area contributed by atoms with E-state index < -0.39 is 11.0 Å². The fourth-order valence-corrected chi connectivity index (χ4v) is 1.87. The highest BCUT2D eigenvalue weighted by molar-refractivity contribution is 7.85. The summed E-state index contributed by atoms with van der Waals surface area (Å²) in [5.74, 6) is 5.80. The molecule has 0 N–H and O–H groups in total. The van der Waals surface area contributed by atoms with Crippen molar-refractivity contribution >= 4 is 22.8 Å². The van der Waals surface area contributed by atoms with Gasteiger partial charge in [-0.3, -0.25) is 4.98 Å². The number of allylic oxidation sites excluding steroid dienone is 1. The molecule has 0 bridgehead atoms. The molecule has 0 saturated heterocycles. The molecule has 1 aromatic heterocycles. The van der Waals surface area contributed by atoms with Crippen LogP contribution in [0.25, 0.3) is 6.08 Å². The Kier molecular flexibility index (Phi) is 5.84. The lowest BCUT2D eigenvalue weighted by atomic mass is 10.2. The molecule has 0 aliphatic carbocycles. The van der Waals surface area contributed by atoms with Gasteiger partial charge in [-0.2, -0.15) is 4.40 Å². The molecular formula is C16H20N2OS. The molecule has 4 heteroatoms. The molecule has 1 aromatic rings. The van der Waals surface area contributed by atoms with Gasteiger partial charge in [0.25, 0.3) is 0 Å². The topological polar surface area (TPSA) is 42.3 Å². The lowest BCUT2D eigenvalue weighted by Crippen LogP contribution is -2.20. The summed E-state index contributed by atoms with van der Waals surface area (Å²) >= 11 is 0. The van der Waals surface area contributed by atoms with Crippen LogP contribution in [-0.4, -0.2) is 19.7 Å². The minimum absolute atomic E-state index is 0.340. The number of rotatable bonds is 3. The molecule has 0 aliphatic heterocycles. The second-order valence-electron chi connectivity index (χ2n) is 5.31. The number of hydrogen-bond acceptors (Lipinski definition) is 2. The van der Waals surface area contributed by atoms with Crippen LogP contribution in [0.2, 0.25) is 0 Å². The summed E-state index contributed by atoms with van der Waals surface area (Å²) in [6.07, 6.45) is 7.21. The van der Waals surface area contributed by atoms with Gasteiger partial charge < -0.3 is 0 Å². The van der Waals surface area contributed by atoms with Crippen molar-refractivity contribution in [3.8, 4) is 11.8 Å². The molecule has 20 heavy (non-hydrogen) atoms. The van der Waals surface area contributed by atoms with E-state index in [4.69, 9.17) is 0 Å². The van der Waals surface area contributed by atoms with Crippen molar-refractivity contribution < 1.29 is 4.21 Å². The van der Waals surface area contributed by atoms with Gasteiger partial charge >= 0.3 is 0 Å². The van der Waals surface area contributed by atoms with Crippen molar-refractivity contribution in [2.75, 3.05) is 0 Å². The maximum Gasteiger partial charge on any atom is 0.145 e. The van der Waals surface area contributed by atoms with Crippen molar-refractivity contribution in [1.29, 1.82) is 0 Å². The molecule has 0 unspecified atom stereocenters. The lowest BCUT2D eigenvalue weighted by Gasteiger charge is -2.13. The van der Waals surface area contributed by atoms with E-state index in [1.807, 2.05) is 45.9 Å². The van der Waals surface area contributed by atoms with Gasteiger partial charge in [-0.15, -0.1) is 5.92 Å². The Morgan fingerprint density at radius 1 is 1.40 bits per heavy atom. The second kappa shape index (κ2) is 7.16. The molecule has 106 valence electrons. The summed E-state index contributed by atoms with van der Waals surface area (Å²) in [4.78, 5) is 4.13. The Labute approximate surface area is 123 Å². The average molecular weight is 288 g/mol. The normalized spacial score (nSPS) is 13.9. The highest BCUT2D eigenvalue weighted by Crippen LogP contribution is 2.12. The molecule has 0 fully saturated rings. The monoisotopic (exact) mass is 288 g/mol. The first-order chi connectivity index (χ1) is 9.32. The lowest BCUT2D eigenvalue weighted by molar-refractivity contribution is 0.650. The van der Waals surface area contributed by atoms with Crippen LogP contribution in [0.5, 0.6) is 0 Å². The van der Waals surface area contributed by atoms with Crippen LogP contribution in [0.3, 0.4) is 0 Å². The molecule has 0 radical (unpaired) electrons. The Morgan fingerprint density at radius 2 is 2.10 bits per heavy atom. The van der Waals surface area contributed by atoms with Gasteiger partial charge in [0, 0.05) is 23.7 Å². The molecule has 0 spiro atoms. The predicted octanol–water partition coefficient (Wildman–Crippen LogP) is 3.39. The van der Waals surface area contributed by atoms with Gasteiger partial charge in [0.15, 0.2) is 0 Å². The second-order valence-corrected chi connectivity index (χ2v) is 7.22. The standard InChI is InChI=1S/C16H20N2OS/c1-6-7-14-10-15(12-17-11-14)9-8-13(2)18-20(19)16(3,4)5/h8-12H,1-5H3/b9-8+,18-13+/t20-/m1/s1. The Balaban J connectivity index is 2.86. The molecule has 1 atom stereocenters. The van der Waals surface area contributed by atoms with E-state index in [0.717, 1.165) is 16.8 Å². The number of nitrogens with zero attached hydrogens (tertiary/aromatic N) is 2. The summed E-state index contributed by atoms with van der Waals surface area (Å²) in [5, 5.41) is 0. The van der Waals surface area contributed by atoms with Crippen LogP contribution in [0, 0.1) is 11.8 Å². The van der Waals surface area contributed by atoms with Crippen molar-refractivity contribution in [2.24, 2.45) is 4.40 Å². The zero-order valence-electron chi connectivity index (χ0n) is 12.6. The summed E-state index contributed by atoms with van der Waals surface area (Å²) < 4.78 is 15.7. The van der Waals surface area contributed by atoms with E-state index in [1.54, 1.807) is 19.3 Å². The molecular weight excluding hydrogens is 268 g/mol. The number of aromatic nitrogens is 1. The van der Waals surface area contributed by atoms with Crippen molar-refractivity contribution in [1.82, 2.24) is 4.98 Å². The van der Waals surface area contributed by atoms with Crippen molar-refractivity contribution in [3.05, 3.63) is 35.7 Å². The number of pyridine rings is 1. The van der Waals surface area contributed by atoms with E-state index in [0.29, 0.717) is 0 Å². The van der Waals surface area contributed by atoms with Gasteiger partial charge in [0.05, 0.1) is 4.75 Å². The van der Waals surface area contributed by atoms with E-state index in [1.165, 1.54) is 0 Å². The fraction of sp³-hybridized carbons (Fsp3) is 0.375. The van der Waals surface area contributed by atoms with Crippen LogP contribution in [0.1, 0.15) is 45.7 Å². The SMILES string of the molecule is CC#Cc1cncc(/C=C/C(C)=N/[S@](=O)C(C)(C)C)c1. The minimum Gasteiger partial charge on any atom is -0.263 e. The molecule has 3 nitrogen and oxygen atoms in total. The average Bonchev–Trinajstić information content (AvgIpc) is 2.36. The quantitative estimate of drug-likeness (QED) is 0.632. The summed E-state index contributed by atoms with van der Waals surface area (Å²) in [6, 6.07) is 1.95. The molecule has 0 aliphatic rings. The molecule has 1 rings (SSSR count). The number of hydrogen-bond donors (Lipinski definition) is 0. The van der Waals surface area contributed by atoms with E-state index in [9.17, 15) is 4.21 Å². The third kappa shape index (κ3) is 5.50. The smallest absolute Gasteiger partial charge is 0.145 e. The van der Waals surface area contributed by atoms with Crippen LogP contribution < -0.4 is 0 Å². The zero-order chi connectivity index (χ0) is 15.2. The molecule has 0 aromatic carbocycles. The Bertz CT molecular complexity index is 613. The van der Waals surface area contributed by atoms with Crippen LogP contribution >= 0.6 is 0 Å². The van der Waals surface area contributed by atoms with E-state index in [2.05, 4.69) is 21.2 Å². The summed E-state index contributed by atoms with van der Waals surface area (Å²) in [6.45, 7) is 9.34. The first-order valence-corrected chi connectivity index (χ1v) is 7.47. The van der Waals surface area contributed by atoms with E-state index in [-0.39, 0.29) is 4.75 Å². The fourth-order valence-electron chi connectivity index (χ4n) is 1.28. The summed E-state index contributed by atoms with van der Waals surface area (Å²) in [7, 11) is -1.23. The first-order valence-electron chi connectivity index (χ1n) is 6.36.